The molecule has 6 nitrogen and oxygen atoms in total. The van der Waals surface area contributed by atoms with Crippen LogP contribution in [0.4, 0.5) is 9.18 Å². The highest BCUT2D eigenvalue weighted by Gasteiger charge is 2.55. The highest BCUT2D eigenvalue weighted by Crippen LogP contribution is 2.37. The van der Waals surface area contributed by atoms with Gasteiger partial charge in [0.15, 0.2) is 0 Å². The minimum atomic E-state index is -0.903. The number of carbonyl (C=O) groups excluding carboxylic acids is 3. The number of amides is 4. The van der Waals surface area contributed by atoms with Gasteiger partial charge < -0.3 is 10.2 Å². The van der Waals surface area contributed by atoms with E-state index in [4.69, 9.17) is 0 Å². The molecule has 34 heavy (non-hydrogen) atoms. The number of hydrogen-bond donors (Lipinski definition) is 1. The molecule has 3 heterocycles. The Balaban J connectivity index is 1.40. The van der Waals surface area contributed by atoms with Gasteiger partial charge in [0.25, 0.3) is 5.91 Å². The molecule has 2 aliphatic rings. The summed E-state index contributed by atoms with van der Waals surface area (Å²) in [4.78, 5) is 43.2. The SMILES string of the molecule is CCCC1(C2CCN(C(=O)C=Cc3ccccc3F)CC2)NC(=O)N(CCc2cccs2)C1=O. The summed E-state index contributed by atoms with van der Waals surface area (Å²) in [5, 5.41) is 5.04. The molecule has 8 heteroatoms. The molecule has 0 aliphatic carbocycles. The van der Waals surface area contributed by atoms with Crippen LogP contribution in [0.3, 0.4) is 0 Å². The van der Waals surface area contributed by atoms with Crippen molar-refractivity contribution in [3.63, 3.8) is 0 Å². The maximum atomic E-state index is 13.8. The Morgan fingerprint density at radius 3 is 2.65 bits per heavy atom. The quantitative estimate of drug-likeness (QED) is 0.445. The van der Waals surface area contributed by atoms with Gasteiger partial charge in [0.1, 0.15) is 11.4 Å². The standard InChI is InChI=1S/C26H30FN3O3S/c1-2-14-26(24(32)30(25(33)28-26)17-13-21-7-5-18-34-21)20-11-15-29(16-12-20)23(31)10-9-19-6-3-4-8-22(19)27/h3-10,18,20H,2,11-17H2,1H3,(H,28,33). The van der Waals surface area contributed by atoms with E-state index in [2.05, 4.69) is 5.32 Å². The zero-order valence-electron chi connectivity index (χ0n) is 19.3. The molecule has 180 valence electrons. The molecule has 1 N–H and O–H groups in total. The van der Waals surface area contributed by atoms with Crippen LogP contribution in [0.2, 0.25) is 0 Å². The van der Waals surface area contributed by atoms with E-state index in [0.717, 1.165) is 11.3 Å². The number of thiophene rings is 1. The minimum Gasteiger partial charge on any atom is -0.339 e. The number of nitrogens with zero attached hydrogens (tertiary/aromatic N) is 2. The molecule has 4 amide bonds. The van der Waals surface area contributed by atoms with Crippen LogP contribution in [0.25, 0.3) is 6.08 Å². The van der Waals surface area contributed by atoms with E-state index >= 15 is 0 Å². The van der Waals surface area contributed by atoms with Crippen LogP contribution >= 0.6 is 11.3 Å². The Labute approximate surface area is 203 Å². The van der Waals surface area contributed by atoms with Gasteiger partial charge in [0, 0.05) is 36.2 Å². The molecule has 1 atom stereocenters. The van der Waals surface area contributed by atoms with Crippen molar-refractivity contribution in [2.45, 2.75) is 44.6 Å². The van der Waals surface area contributed by atoms with Crippen molar-refractivity contribution in [1.29, 1.82) is 0 Å². The summed E-state index contributed by atoms with van der Waals surface area (Å²) in [7, 11) is 0. The van der Waals surface area contributed by atoms with Crippen molar-refractivity contribution in [1.82, 2.24) is 15.1 Å². The van der Waals surface area contributed by atoms with Crippen molar-refractivity contribution < 1.29 is 18.8 Å². The second-order valence-electron chi connectivity index (χ2n) is 8.89. The Morgan fingerprint density at radius 1 is 1.21 bits per heavy atom. The molecule has 2 aromatic rings. The molecular formula is C26H30FN3O3S. The highest BCUT2D eigenvalue weighted by atomic mass is 32.1. The van der Waals surface area contributed by atoms with Gasteiger partial charge in [0.2, 0.25) is 5.91 Å². The largest absolute Gasteiger partial charge is 0.339 e. The Hall–Kier alpha value is -3.00. The maximum absolute atomic E-state index is 13.8. The lowest BCUT2D eigenvalue weighted by molar-refractivity contribution is -0.135. The average Bonchev–Trinajstić information content (AvgIpc) is 3.44. The summed E-state index contributed by atoms with van der Waals surface area (Å²) in [6, 6.07) is 9.98. The van der Waals surface area contributed by atoms with Crippen LogP contribution in [0.1, 0.15) is 43.0 Å². The third-order valence-electron chi connectivity index (χ3n) is 6.82. The fourth-order valence-corrected chi connectivity index (χ4v) is 5.74. The summed E-state index contributed by atoms with van der Waals surface area (Å²) >= 11 is 1.62. The Morgan fingerprint density at radius 2 is 1.97 bits per heavy atom. The fourth-order valence-electron chi connectivity index (χ4n) is 5.04. The van der Waals surface area contributed by atoms with Crippen LogP contribution in [0, 0.1) is 11.7 Å². The number of imide groups is 1. The number of halogens is 1. The summed E-state index contributed by atoms with van der Waals surface area (Å²) in [6.45, 7) is 3.38. The number of hydrogen-bond acceptors (Lipinski definition) is 4. The molecule has 0 saturated carbocycles. The zero-order chi connectivity index (χ0) is 24.1. The predicted molar refractivity (Wildman–Crippen MR) is 131 cm³/mol. The van der Waals surface area contributed by atoms with Gasteiger partial charge in [-0.1, -0.05) is 37.6 Å². The monoisotopic (exact) mass is 483 g/mol. The molecule has 2 saturated heterocycles. The second kappa shape index (κ2) is 10.5. The molecule has 0 spiro atoms. The third kappa shape index (κ3) is 4.92. The lowest BCUT2D eigenvalue weighted by Crippen LogP contribution is -2.56. The molecule has 2 aliphatic heterocycles. The third-order valence-corrected chi connectivity index (χ3v) is 7.76. The summed E-state index contributed by atoms with van der Waals surface area (Å²) < 4.78 is 13.8. The van der Waals surface area contributed by atoms with Gasteiger partial charge in [-0.15, -0.1) is 11.3 Å². The molecule has 0 radical (unpaired) electrons. The van der Waals surface area contributed by atoms with Gasteiger partial charge >= 0.3 is 6.03 Å². The normalized spacial score (nSPS) is 21.5. The predicted octanol–water partition coefficient (Wildman–Crippen LogP) is 4.47. The molecule has 1 unspecified atom stereocenters. The van der Waals surface area contributed by atoms with Crippen molar-refractivity contribution in [2.75, 3.05) is 19.6 Å². The fraction of sp³-hybridized carbons (Fsp3) is 0.423. The highest BCUT2D eigenvalue weighted by molar-refractivity contribution is 7.09. The van der Waals surface area contributed by atoms with Crippen LogP contribution in [-0.2, 0) is 16.0 Å². The number of urea groups is 1. The van der Waals surface area contributed by atoms with Gasteiger partial charge in [-0.25, -0.2) is 9.18 Å². The van der Waals surface area contributed by atoms with Crippen molar-refractivity contribution in [3.8, 4) is 0 Å². The molecule has 0 bridgehead atoms. The van der Waals surface area contributed by atoms with Gasteiger partial charge in [0.05, 0.1) is 0 Å². The van der Waals surface area contributed by atoms with E-state index in [0.29, 0.717) is 50.9 Å². The van der Waals surface area contributed by atoms with Gasteiger partial charge in [-0.3, -0.25) is 14.5 Å². The summed E-state index contributed by atoms with van der Waals surface area (Å²) in [5.41, 5.74) is -0.533. The molecule has 1 aromatic carbocycles. The average molecular weight is 484 g/mol. The van der Waals surface area contributed by atoms with Gasteiger partial charge in [-0.05, 0) is 55.2 Å². The van der Waals surface area contributed by atoms with Crippen LogP contribution < -0.4 is 5.32 Å². The lowest BCUT2D eigenvalue weighted by atomic mass is 9.74. The number of nitrogens with one attached hydrogen (secondary N) is 1. The maximum Gasteiger partial charge on any atom is 0.325 e. The van der Waals surface area contributed by atoms with Crippen molar-refractivity contribution in [2.24, 2.45) is 5.92 Å². The van der Waals surface area contributed by atoms with E-state index in [9.17, 15) is 18.8 Å². The first kappa shape index (κ1) is 24.1. The van der Waals surface area contributed by atoms with Crippen molar-refractivity contribution in [3.05, 3.63) is 64.1 Å². The van der Waals surface area contributed by atoms with E-state index in [1.807, 2.05) is 24.4 Å². The summed E-state index contributed by atoms with van der Waals surface area (Å²) in [6.07, 6.45) is 6.16. The zero-order valence-corrected chi connectivity index (χ0v) is 20.2. The van der Waals surface area contributed by atoms with Crippen LogP contribution in [-0.4, -0.2) is 52.8 Å². The van der Waals surface area contributed by atoms with E-state index in [1.54, 1.807) is 34.4 Å². The smallest absolute Gasteiger partial charge is 0.325 e. The lowest BCUT2D eigenvalue weighted by Gasteiger charge is -2.40. The van der Waals surface area contributed by atoms with E-state index < -0.39 is 5.54 Å². The summed E-state index contributed by atoms with van der Waals surface area (Å²) in [5.74, 6) is -0.716. The number of likely N-dealkylation sites (tertiary alicyclic amines) is 1. The number of benzene rings is 1. The molecule has 4 rings (SSSR count). The first-order valence-corrected chi connectivity index (χ1v) is 12.7. The Kier molecular flexibility index (Phi) is 7.46. The second-order valence-corrected chi connectivity index (χ2v) is 9.92. The topological polar surface area (TPSA) is 69.7 Å². The molecule has 1 aromatic heterocycles. The molecular weight excluding hydrogens is 453 g/mol. The first-order valence-electron chi connectivity index (χ1n) is 11.8. The van der Waals surface area contributed by atoms with Crippen LogP contribution in [0.5, 0.6) is 0 Å². The number of rotatable bonds is 8. The van der Waals surface area contributed by atoms with Crippen molar-refractivity contribution >= 4 is 35.3 Å². The first-order chi connectivity index (χ1) is 16.4. The number of carbonyl (C=O) groups is 3. The molecule has 2 fully saturated rings. The van der Waals surface area contributed by atoms with Gasteiger partial charge in [-0.2, -0.15) is 0 Å². The number of piperidine rings is 1. The Bertz CT molecular complexity index is 1060. The van der Waals surface area contributed by atoms with E-state index in [1.165, 1.54) is 23.1 Å². The van der Waals surface area contributed by atoms with Crippen LogP contribution in [0.15, 0.2) is 47.9 Å². The minimum absolute atomic E-state index is 0.0322. The van der Waals surface area contributed by atoms with E-state index in [-0.39, 0.29) is 29.6 Å².